The van der Waals surface area contributed by atoms with Gasteiger partial charge in [0.1, 0.15) is 23.9 Å². The number of amides is 1. The van der Waals surface area contributed by atoms with E-state index in [0.29, 0.717) is 31.9 Å². The average Bonchev–Trinajstić information content (AvgIpc) is 2.89. The number of aromatic nitrogens is 2. The molecule has 10 nitrogen and oxygen atoms in total. The van der Waals surface area contributed by atoms with Gasteiger partial charge in [-0.1, -0.05) is 0 Å². The molecular weight excluding hydrogens is 525 g/mol. The predicted octanol–water partition coefficient (Wildman–Crippen LogP) is 3.82. The van der Waals surface area contributed by atoms with Crippen LogP contribution >= 0.6 is 0 Å². The van der Waals surface area contributed by atoms with E-state index in [-0.39, 0.29) is 25.2 Å². The van der Waals surface area contributed by atoms with Gasteiger partial charge in [-0.3, -0.25) is 9.52 Å². The molecule has 0 aliphatic carbocycles. The van der Waals surface area contributed by atoms with Crippen molar-refractivity contribution >= 4 is 33.1 Å². The number of hydrogen-bond acceptors (Lipinski definition) is 8. The number of carbonyl (C=O) groups is 1. The highest BCUT2D eigenvalue weighted by Gasteiger charge is 2.31. The Hall–Kier alpha value is -4.07. The molecule has 1 fully saturated rings. The fourth-order valence-electron chi connectivity index (χ4n) is 3.91. The molecule has 2 heterocycles. The Balaban J connectivity index is 0.00000280. The second-order valence-electron chi connectivity index (χ2n) is 8.44. The molecule has 1 aliphatic rings. The van der Waals surface area contributed by atoms with Crippen LogP contribution in [0.4, 0.5) is 30.4 Å². The third-order valence-electron chi connectivity index (χ3n) is 5.77. The maximum atomic E-state index is 12.9. The van der Waals surface area contributed by atoms with Gasteiger partial charge in [-0.2, -0.15) is 0 Å². The number of anilines is 3. The van der Waals surface area contributed by atoms with E-state index in [9.17, 15) is 26.4 Å². The number of nitrogens with one attached hydrogen (secondary N) is 2. The summed E-state index contributed by atoms with van der Waals surface area (Å²) >= 11 is 0. The summed E-state index contributed by atoms with van der Waals surface area (Å²) in [4.78, 5) is 24.4. The van der Waals surface area contributed by atoms with Gasteiger partial charge in [0, 0.05) is 46.6 Å². The zero-order valence-corrected chi connectivity index (χ0v) is 21.0. The SMILES string of the molecule is CC(Nc1ccc(OC(F)(F)F)cc1)C(=O)N1CCN(c2ccc(S(=O)(=O)Nc3ccncn3)cc2)CC1.[HH].[HH]. The number of hydrogen-bond donors (Lipinski definition) is 2. The number of carbonyl (C=O) groups excluding carboxylic acids is 1. The minimum absolute atomic E-state index is 0. The first kappa shape index (κ1) is 27.0. The number of piperazine rings is 1. The first-order valence-electron chi connectivity index (χ1n) is 11.6. The minimum Gasteiger partial charge on any atom is -0.406 e. The molecule has 2 N–H and O–H groups in total. The van der Waals surface area contributed by atoms with Crippen molar-refractivity contribution in [3.05, 3.63) is 67.1 Å². The summed E-state index contributed by atoms with van der Waals surface area (Å²) in [5.74, 6) is -0.315. The van der Waals surface area contributed by atoms with Crippen LogP contribution in [0.15, 0.2) is 72.0 Å². The third-order valence-corrected chi connectivity index (χ3v) is 7.14. The fraction of sp³-hybridized carbons (Fsp3) is 0.292. The summed E-state index contributed by atoms with van der Waals surface area (Å²) in [7, 11) is -3.80. The van der Waals surface area contributed by atoms with E-state index >= 15 is 0 Å². The number of halogens is 3. The zero-order valence-electron chi connectivity index (χ0n) is 20.2. The van der Waals surface area contributed by atoms with Crippen molar-refractivity contribution in [1.82, 2.24) is 14.9 Å². The molecule has 1 atom stereocenters. The van der Waals surface area contributed by atoms with E-state index in [4.69, 9.17) is 0 Å². The Morgan fingerprint density at radius 1 is 1.03 bits per heavy atom. The highest BCUT2D eigenvalue weighted by molar-refractivity contribution is 7.92. The first-order valence-corrected chi connectivity index (χ1v) is 13.0. The predicted molar refractivity (Wildman–Crippen MR) is 139 cm³/mol. The van der Waals surface area contributed by atoms with Crippen molar-refractivity contribution in [3.8, 4) is 5.75 Å². The molecule has 1 unspecified atom stereocenters. The number of rotatable bonds is 8. The monoisotopic (exact) mass is 554 g/mol. The lowest BCUT2D eigenvalue weighted by Crippen LogP contribution is -2.52. The van der Waals surface area contributed by atoms with E-state index in [0.717, 1.165) is 5.69 Å². The molecular formula is C24H29F3N6O4S. The summed E-state index contributed by atoms with van der Waals surface area (Å²) in [6.07, 6.45) is -2.09. The second kappa shape index (κ2) is 11.1. The van der Waals surface area contributed by atoms with Crippen molar-refractivity contribution in [2.75, 3.05) is 41.1 Å². The van der Waals surface area contributed by atoms with Gasteiger partial charge in [0.2, 0.25) is 5.91 Å². The van der Waals surface area contributed by atoms with E-state index in [2.05, 4.69) is 29.6 Å². The fourth-order valence-corrected chi connectivity index (χ4v) is 4.92. The molecule has 4 rings (SSSR count). The lowest BCUT2D eigenvalue weighted by Gasteiger charge is -2.37. The second-order valence-corrected chi connectivity index (χ2v) is 10.1. The maximum absolute atomic E-state index is 12.9. The maximum Gasteiger partial charge on any atom is 0.573 e. The van der Waals surface area contributed by atoms with E-state index in [1.54, 1.807) is 24.0 Å². The van der Waals surface area contributed by atoms with Crippen LogP contribution < -0.4 is 19.7 Å². The van der Waals surface area contributed by atoms with Crippen molar-refractivity contribution < 1.29 is 34.0 Å². The van der Waals surface area contributed by atoms with Crippen LogP contribution in [-0.2, 0) is 14.8 Å². The first-order chi connectivity index (χ1) is 18.0. The smallest absolute Gasteiger partial charge is 0.406 e. The molecule has 14 heteroatoms. The van der Waals surface area contributed by atoms with Gasteiger partial charge in [-0.15, -0.1) is 13.2 Å². The van der Waals surface area contributed by atoms with Gasteiger partial charge in [-0.25, -0.2) is 18.4 Å². The molecule has 1 saturated heterocycles. The molecule has 0 radical (unpaired) electrons. The number of alkyl halides is 3. The van der Waals surface area contributed by atoms with Gasteiger partial charge in [0.05, 0.1) is 4.90 Å². The molecule has 0 saturated carbocycles. The highest BCUT2D eigenvalue weighted by Crippen LogP contribution is 2.25. The standard InChI is InChI=1S/C24H25F3N6O4S.2H2/c1-17(30-18-2-6-20(7-3-18)37-24(25,26)27)23(34)33-14-12-32(13-15-33)19-4-8-21(9-5-19)38(35,36)31-22-10-11-28-16-29-22;;/h2-11,16-17,30H,12-15H2,1H3,(H,28,29,31);2*1H. The van der Waals surface area contributed by atoms with E-state index < -0.39 is 22.4 Å². The van der Waals surface area contributed by atoms with Gasteiger partial charge in [0.15, 0.2) is 0 Å². The zero-order chi connectivity index (χ0) is 27.3. The molecule has 3 aromatic rings. The van der Waals surface area contributed by atoms with Crippen LogP contribution in [0.25, 0.3) is 0 Å². The molecule has 0 spiro atoms. The summed E-state index contributed by atoms with van der Waals surface area (Å²) in [5.41, 5.74) is 1.31. The van der Waals surface area contributed by atoms with Crippen LogP contribution in [0, 0.1) is 0 Å². The van der Waals surface area contributed by atoms with Crippen molar-refractivity contribution in [2.24, 2.45) is 0 Å². The number of ether oxygens (including phenoxy) is 1. The number of benzene rings is 2. The Morgan fingerprint density at radius 2 is 1.68 bits per heavy atom. The Labute approximate surface area is 220 Å². The third kappa shape index (κ3) is 7.03. The van der Waals surface area contributed by atoms with Crippen LogP contribution in [0.5, 0.6) is 5.75 Å². The molecule has 38 heavy (non-hydrogen) atoms. The average molecular weight is 555 g/mol. The van der Waals surface area contributed by atoms with Gasteiger partial charge in [-0.05, 0) is 61.5 Å². The van der Waals surface area contributed by atoms with Crippen molar-refractivity contribution in [3.63, 3.8) is 0 Å². The van der Waals surface area contributed by atoms with Gasteiger partial charge in [0.25, 0.3) is 10.0 Å². The Kier molecular flexibility index (Phi) is 7.90. The molecule has 206 valence electrons. The van der Waals surface area contributed by atoms with Crippen molar-refractivity contribution in [1.29, 1.82) is 0 Å². The topological polar surface area (TPSA) is 117 Å². The normalized spacial score (nSPS) is 15.1. The molecule has 1 aromatic heterocycles. The Bertz CT molecular complexity index is 1340. The number of nitrogens with zero attached hydrogens (tertiary/aromatic N) is 4. The largest absolute Gasteiger partial charge is 0.573 e. The van der Waals surface area contributed by atoms with Crippen LogP contribution in [0.2, 0.25) is 0 Å². The van der Waals surface area contributed by atoms with Gasteiger partial charge >= 0.3 is 6.36 Å². The quantitative estimate of drug-likeness (QED) is 0.432. The molecule has 1 amide bonds. The van der Waals surface area contributed by atoms with E-state index in [1.807, 2.05) is 0 Å². The lowest BCUT2D eigenvalue weighted by molar-refractivity contribution is -0.274. The van der Waals surface area contributed by atoms with Gasteiger partial charge < -0.3 is 19.9 Å². The van der Waals surface area contributed by atoms with E-state index in [1.165, 1.54) is 55.0 Å². The van der Waals surface area contributed by atoms with Crippen LogP contribution in [-0.4, -0.2) is 67.8 Å². The summed E-state index contributed by atoms with van der Waals surface area (Å²) in [6.45, 7) is 3.70. The Morgan fingerprint density at radius 3 is 2.26 bits per heavy atom. The summed E-state index contributed by atoms with van der Waals surface area (Å²) in [5, 5.41) is 3.00. The van der Waals surface area contributed by atoms with Crippen molar-refractivity contribution in [2.45, 2.75) is 24.2 Å². The molecule has 2 aromatic carbocycles. The molecule has 1 aliphatic heterocycles. The molecule has 0 bridgehead atoms. The summed E-state index contributed by atoms with van der Waals surface area (Å²) in [6, 6.07) is 12.5. The van der Waals surface area contributed by atoms with Crippen LogP contribution in [0.1, 0.15) is 9.78 Å². The lowest BCUT2D eigenvalue weighted by atomic mass is 10.2. The minimum atomic E-state index is -4.77. The summed E-state index contributed by atoms with van der Waals surface area (Å²) < 4.78 is 68.4. The number of sulfonamides is 1. The van der Waals surface area contributed by atoms with Crippen LogP contribution in [0.3, 0.4) is 0 Å². The highest BCUT2D eigenvalue weighted by atomic mass is 32.2.